The van der Waals surface area contributed by atoms with Crippen molar-refractivity contribution < 1.29 is 9.53 Å². The van der Waals surface area contributed by atoms with E-state index in [4.69, 9.17) is 4.74 Å². The highest BCUT2D eigenvalue weighted by molar-refractivity contribution is 6.01. The van der Waals surface area contributed by atoms with Crippen molar-refractivity contribution in [3.8, 4) is 11.8 Å². The molecule has 0 radical (unpaired) electrons. The topological polar surface area (TPSA) is 56.6 Å². The number of rotatable bonds is 3. The Kier molecular flexibility index (Phi) is 3.77. The summed E-state index contributed by atoms with van der Waals surface area (Å²) < 4.78 is 5.76. The number of anilines is 1. The zero-order valence-corrected chi connectivity index (χ0v) is 15.3. The molecule has 3 aliphatic rings. The molecular formula is C20H25N3O2. The van der Waals surface area contributed by atoms with E-state index >= 15 is 0 Å². The fourth-order valence-electron chi connectivity index (χ4n) is 4.78. The summed E-state index contributed by atoms with van der Waals surface area (Å²) in [4.78, 5) is 17.2. The predicted molar refractivity (Wildman–Crippen MR) is 95.4 cm³/mol. The van der Waals surface area contributed by atoms with Gasteiger partial charge in [-0.25, -0.2) is 0 Å². The third kappa shape index (κ3) is 2.35. The normalized spacial score (nSPS) is 24.3. The molecule has 5 heteroatoms. The summed E-state index contributed by atoms with van der Waals surface area (Å²) in [6.45, 7) is 3.64. The predicted octanol–water partition coefficient (Wildman–Crippen LogP) is 3.31. The average Bonchev–Trinajstić information content (AvgIpc) is 3.29. The minimum atomic E-state index is -0.0870. The van der Waals surface area contributed by atoms with Crippen molar-refractivity contribution in [2.45, 2.75) is 51.6 Å². The Morgan fingerprint density at radius 2 is 2.16 bits per heavy atom. The smallest absolute Gasteiger partial charge is 0.233 e. The molecule has 1 atom stereocenters. The highest BCUT2D eigenvalue weighted by Crippen LogP contribution is 2.55. The second kappa shape index (κ2) is 5.74. The van der Waals surface area contributed by atoms with E-state index in [0.717, 1.165) is 55.8 Å². The van der Waals surface area contributed by atoms with Crippen LogP contribution < -0.4 is 9.64 Å². The molecule has 25 heavy (non-hydrogen) atoms. The Labute approximate surface area is 149 Å². The molecule has 1 unspecified atom stereocenters. The number of fused-ring (bicyclic) bond motifs is 1. The number of hydrogen-bond donors (Lipinski definition) is 0. The molecule has 1 amide bonds. The number of piperidine rings is 1. The van der Waals surface area contributed by atoms with E-state index in [0.29, 0.717) is 6.42 Å². The lowest BCUT2D eigenvalue weighted by Gasteiger charge is -2.34. The van der Waals surface area contributed by atoms with Gasteiger partial charge in [-0.05, 0) is 62.4 Å². The molecule has 2 heterocycles. The monoisotopic (exact) mass is 339 g/mol. The van der Waals surface area contributed by atoms with Gasteiger partial charge in [-0.15, -0.1) is 0 Å². The molecule has 1 saturated carbocycles. The van der Waals surface area contributed by atoms with Crippen molar-refractivity contribution in [2.75, 3.05) is 25.6 Å². The first kappa shape index (κ1) is 16.4. The maximum Gasteiger partial charge on any atom is 0.233 e. The molecule has 2 aliphatic heterocycles. The fourth-order valence-corrected chi connectivity index (χ4v) is 4.78. The molecule has 0 aromatic heterocycles. The van der Waals surface area contributed by atoms with Gasteiger partial charge in [-0.3, -0.25) is 9.69 Å². The molecule has 0 bridgehead atoms. The van der Waals surface area contributed by atoms with Crippen LogP contribution in [0.3, 0.4) is 0 Å². The van der Waals surface area contributed by atoms with Gasteiger partial charge in [-0.1, -0.05) is 0 Å². The van der Waals surface area contributed by atoms with E-state index in [9.17, 15) is 10.1 Å². The zero-order chi connectivity index (χ0) is 17.8. The Hall–Kier alpha value is -2.06. The fraction of sp³-hybridized carbons (Fsp3) is 0.600. The Morgan fingerprint density at radius 3 is 2.80 bits per heavy atom. The van der Waals surface area contributed by atoms with Crippen molar-refractivity contribution in [1.29, 1.82) is 5.26 Å². The zero-order valence-electron chi connectivity index (χ0n) is 15.3. The number of carbonyl (C=O) groups excluding carboxylic acids is 1. The molecule has 2 fully saturated rings. The van der Waals surface area contributed by atoms with E-state index in [2.05, 4.69) is 31.0 Å². The van der Waals surface area contributed by atoms with Gasteiger partial charge in [-0.2, -0.15) is 5.26 Å². The van der Waals surface area contributed by atoms with Gasteiger partial charge < -0.3 is 9.64 Å². The van der Waals surface area contributed by atoms with Crippen LogP contribution in [0.1, 0.15) is 54.8 Å². The van der Waals surface area contributed by atoms with Crippen LogP contribution in [0.5, 0.6) is 5.75 Å². The summed E-state index contributed by atoms with van der Waals surface area (Å²) in [5.41, 5.74) is 4.33. The standard InChI is InChI=1S/C20H25N3O2/c1-13-17-14(12-22(2)15(17)5-9-21)11-16(18(13)25-3)23-10-4-6-20(7-8-20)19(23)24/h11,15H,4-8,10,12H2,1-3H3. The maximum absolute atomic E-state index is 13.0. The molecular weight excluding hydrogens is 314 g/mol. The third-order valence-corrected chi connectivity index (χ3v) is 6.29. The Balaban J connectivity index is 1.80. The van der Waals surface area contributed by atoms with Crippen molar-refractivity contribution in [3.63, 3.8) is 0 Å². The van der Waals surface area contributed by atoms with E-state index in [1.165, 1.54) is 11.1 Å². The molecule has 0 N–H and O–H groups in total. The van der Waals surface area contributed by atoms with Crippen molar-refractivity contribution >= 4 is 11.6 Å². The van der Waals surface area contributed by atoms with Crippen molar-refractivity contribution in [1.82, 2.24) is 4.90 Å². The van der Waals surface area contributed by atoms with Crippen LogP contribution in [-0.4, -0.2) is 31.5 Å². The van der Waals surface area contributed by atoms with Crippen LogP contribution in [0, 0.1) is 23.7 Å². The summed E-state index contributed by atoms with van der Waals surface area (Å²) in [5, 5.41) is 9.18. The van der Waals surface area contributed by atoms with Gasteiger partial charge in [0.05, 0.1) is 25.3 Å². The van der Waals surface area contributed by atoms with Gasteiger partial charge in [0.25, 0.3) is 0 Å². The van der Waals surface area contributed by atoms with Gasteiger partial charge in [0.15, 0.2) is 0 Å². The molecule has 4 rings (SSSR count). The molecule has 1 aromatic carbocycles. The first-order valence-electron chi connectivity index (χ1n) is 9.12. The lowest BCUT2D eigenvalue weighted by molar-refractivity contribution is -0.125. The molecule has 1 aromatic rings. The van der Waals surface area contributed by atoms with Gasteiger partial charge in [0.1, 0.15) is 5.75 Å². The van der Waals surface area contributed by atoms with E-state index in [1.807, 2.05) is 4.90 Å². The number of nitrogens with zero attached hydrogens (tertiary/aromatic N) is 3. The number of nitriles is 1. The lowest BCUT2D eigenvalue weighted by Crippen LogP contribution is -2.42. The summed E-state index contributed by atoms with van der Waals surface area (Å²) in [6.07, 6.45) is 4.62. The maximum atomic E-state index is 13.0. The van der Waals surface area contributed by atoms with Crippen LogP contribution in [0.4, 0.5) is 5.69 Å². The minimum absolute atomic E-state index is 0.0870. The summed E-state index contributed by atoms with van der Waals surface area (Å²) in [6, 6.07) is 4.54. The second-order valence-corrected chi connectivity index (χ2v) is 7.76. The summed E-state index contributed by atoms with van der Waals surface area (Å²) >= 11 is 0. The van der Waals surface area contributed by atoms with Gasteiger partial charge in [0.2, 0.25) is 5.91 Å². The summed E-state index contributed by atoms with van der Waals surface area (Å²) in [5.74, 6) is 1.07. The number of methoxy groups -OCH3 is 1. The van der Waals surface area contributed by atoms with Crippen LogP contribution in [0.2, 0.25) is 0 Å². The highest BCUT2D eigenvalue weighted by Gasteiger charge is 2.53. The summed E-state index contributed by atoms with van der Waals surface area (Å²) in [7, 11) is 3.73. The third-order valence-electron chi connectivity index (χ3n) is 6.29. The Morgan fingerprint density at radius 1 is 1.40 bits per heavy atom. The molecule has 5 nitrogen and oxygen atoms in total. The van der Waals surface area contributed by atoms with Crippen LogP contribution in [0.15, 0.2) is 6.07 Å². The highest BCUT2D eigenvalue weighted by atomic mass is 16.5. The first-order valence-corrected chi connectivity index (χ1v) is 9.12. The van der Waals surface area contributed by atoms with Crippen LogP contribution >= 0.6 is 0 Å². The van der Waals surface area contributed by atoms with E-state index in [1.54, 1.807) is 7.11 Å². The van der Waals surface area contributed by atoms with Gasteiger partial charge >= 0.3 is 0 Å². The van der Waals surface area contributed by atoms with Crippen LogP contribution in [0.25, 0.3) is 0 Å². The minimum Gasteiger partial charge on any atom is -0.494 e. The van der Waals surface area contributed by atoms with Crippen molar-refractivity contribution in [3.05, 3.63) is 22.8 Å². The average molecular weight is 339 g/mol. The molecule has 132 valence electrons. The number of amides is 1. The van der Waals surface area contributed by atoms with E-state index < -0.39 is 0 Å². The van der Waals surface area contributed by atoms with Crippen molar-refractivity contribution in [2.24, 2.45) is 5.41 Å². The molecule has 1 aliphatic carbocycles. The number of benzene rings is 1. The first-order chi connectivity index (χ1) is 12.0. The Bertz CT molecular complexity index is 776. The van der Waals surface area contributed by atoms with Crippen LogP contribution in [-0.2, 0) is 11.3 Å². The van der Waals surface area contributed by atoms with Gasteiger partial charge in [0, 0.05) is 24.5 Å². The SMILES string of the molecule is COc1c(N2CCCC3(CC3)C2=O)cc2c(c1C)C(CC#N)N(C)C2. The number of hydrogen-bond acceptors (Lipinski definition) is 4. The lowest BCUT2D eigenvalue weighted by atomic mass is 9.91. The quantitative estimate of drug-likeness (QED) is 0.848. The largest absolute Gasteiger partial charge is 0.494 e. The molecule has 1 saturated heterocycles. The number of carbonyl (C=O) groups is 1. The number of ether oxygens (including phenoxy) is 1. The second-order valence-electron chi connectivity index (χ2n) is 7.76. The molecule has 1 spiro atoms. The van der Waals surface area contributed by atoms with E-state index in [-0.39, 0.29) is 17.4 Å².